The maximum absolute atomic E-state index is 6.15. The number of hydrogen-bond donors (Lipinski definition) is 1. The van der Waals surface area contributed by atoms with Gasteiger partial charge in [0, 0.05) is 24.4 Å². The summed E-state index contributed by atoms with van der Waals surface area (Å²) in [7, 11) is 0. The molecular weight excluding hydrogens is 458 g/mol. The molecule has 0 bridgehead atoms. The lowest BCUT2D eigenvalue weighted by Crippen LogP contribution is -2.33. The van der Waals surface area contributed by atoms with E-state index in [1.165, 1.54) is 32.4 Å². The normalized spacial score (nSPS) is 14.5. The van der Waals surface area contributed by atoms with Crippen LogP contribution in [0, 0.1) is 6.92 Å². The fraction of sp³-hybridized carbons (Fsp3) is 0.308. The van der Waals surface area contributed by atoms with Crippen molar-refractivity contribution in [2.24, 2.45) is 0 Å². The van der Waals surface area contributed by atoms with Gasteiger partial charge in [-0.3, -0.25) is 4.90 Å². The number of ether oxygens (including phenoxy) is 1. The van der Waals surface area contributed by atoms with Crippen molar-refractivity contribution in [1.29, 1.82) is 0 Å². The minimum atomic E-state index is 0.684. The number of likely N-dealkylation sites (tertiary alicyclic amines) is 1. The Kier molecular flexibility index (Phi) is 6.01. The van der Waals surface area contributed by atoms with Crippen LogP contribution in [-0.2, 0) is 0 Å². The maximum atomic E-state index is 6.15. The first-order valence-corrected chi connectivity index (χ1v) is 12.8. The molecule has 0 spiro atoms. The first kappa shape index (κ1) is 21.9. The number of aromatic amines is 1. The van der Waals surface area contributed by atoms with Crippen molar-refractivity contribution in [2.45, 2.75) is 26.2 Å². The second kappa shape index (κ2) is 9.59. The highest BCUT2D eigenvalue weighted by Gasteiger charge is 2.22. The summed E-state index contributed by atoms with van der Waals surface area (Å²) in [5, 5.41) is 13.9. The van der Waals surface area contributed by atoms with Crippen LogP contribution in [0.5, 0.6) is 5.75 Å². The summed E-state index contributed by atoms with van der Waals surface area (Å²) >= 11 is 1.60. The van der Waals surface area contributed by atoms with Gasteiger partial charge in [-0.2, -0.15) is 5.10 Å². The van der Waals surface area contributed by atoms with E-state index in [4.69, 9.17) is 14.8 Å². The summed E-state index contributed by atoms with van der Waals surface area (Å²) in [6.45, 7) is 6.02. The molecule has 35 heavy (non-hydrogen) atoms. The van der Waals surface area contributed by atoms with Crippen LogP contribution in [0.3, 0.4) is 0 Å². The molecule has 0 saturated carbocycles. The standard InChI is InChI=1S/C26H27N7OS/c1-18-22(21-16-20(10-13-33(21)31-18)34-15-14-32-11-6-3-7-12-32)26-29-23(19-8-4-2-5-9-19)24(35-26)25-27-17-28-30-25/h2,4-5,8-10,13,16-17H,3,6-7,11-12,14-15H2,1H3,(H,27,28,30). The van der Waals surface area contributed by atoms with E-state index in [1.807, 2.05) is 41.9 Å². The van der Waals surface area contributed by atoms with Gasteiger partial charge in [-0.15, -0.1) is 21.5 Å². The van der Waals surface area contributed by atoms with Crippen molar-refractivity contribution in [2.75, 3.05) is 26.2 Å². The molecule has 4 aromatic heterocycles. The van der Waals surface area contributed by atoms with E-state index in [2.05, 4.69) is 38.3 Å². The molecule has 6 rings (SSSR count). The molecule has 5 aromatic rings. The molecule has 0 radical (unpaired) electrons. The van der Waals surface area contributed by atoms with Crippen LogP contribution in [0.4, 0.5) is 0 Å². The average molecular weight is 486 g/mol. The summed E-state index contributed by atoms with van der Waals surface area (Å²) in [6, 6.07) is 14.2. The third-order valence-corrected chi connectivity index (χ3v) is 7.51. The molecule has 1 aliphatic rings. The lowest BCUT2D eigenvalue weighted by atomic mass is 10.1. The van der Waals surface area contributed by atoms with Gasteiger partial charge >= 0.3 is 0 Å². The molecule has 0 atom stereocenters. The summed E-state index contributed by atoms with van der Waals surface area (Å²) in [6.07, 6.45) is 7.49. The fourth-order valence-electron chi connectivity index (χ4n) is 4.67. The molecule has 0 unspecified atom stereocenters. The van der Waals surface area contributed by atoms with Gasteiger partial charge < -0.3 is 9.72 Å². The molecule has 1 N–H and O–H groups in total. The van der Waals surface area contributed by atoms with Crippen molar-refractivity contribution in [3.63, 3.8) is 0 Å². The van der Waals surface area contributed by atoms with Gasteiger partial charge in [-0.05, 0) is 38.9 Å². The van der Waals surface area contributed by atoms with Crippen molar-refractivity contribution in [3.05, 3.63) is 60.7 Å². The number of nitrogens with one attached hydrogen (secondary N) is 1. The summed E-state index contributed by atoms with van der Waals surface area (Å²) < 4.78 is 8.05. The van der Waals surface area contributed by atoms with E-state index in [9.17, 15) is 0 Å². The van der Waals surface area contributed by atoms with Gasteiger partial charge in [0.1, 0.15) is 28.6 Å². The lowest BCUT2D eigenvalue weighted by molar-refractivity contribution is 0.183. The Balaban J connectivity index is 1.35. The van der Waals surface area contributed by atoms with Gasteiger partial charge in [-0.25, -0.2) is 9.50 Å². The molecular formula is C26H27N7OS. The quantitative estimate of drug-likeness (QED) is 0.346. The Hall–Kier alpha value is -3.56. The van der Waals surface area contributed by atoms with Gasteiger partial charge in [-0.1, -0.05) is 36.8 Å². The molecule has 5 heterocycles. The predicted octanol–water partition coefficient (Wildman–Crippen LogP) is 5.08. The number of fused-ring (bicyclic) bond motifs is 1. The molecule has 1 aliphatic heterocycles. The number of H-pyrrole nitrogens is 1. The number of piperidine rings is 1. The minimum absolute atomic E-state index is 0.684. The second-order valence-electron chi connectivity index (χ2n) is 8.80. The van der Waals surface area contributed by atoms with Crippen LogP contribution in [-0.4, -0.2) is 60.9 Å². The topological polar surface area (TPSA) is 84.2 Å². The molecule has 0 aliphatic carbocycles. The molecule has 0 amide bonds. The molecule has 178 valence electrons. The Morgan fingerprint density at radius 1 is 1.09 bits per heavy atom. The van der Waals surface area contributed by atoms with Crippen LogP contribution in [0.2, 0.25) is 0 Å². The number of thiazole rings is 1. The minimum Gasteiger partial charge on any atom is -0.492 e. The van der Waals surface area contributed by atoms with E-state index in [-0.39, 0.29) is 0 Å². The van der Waals surface area contributed by atoms with Crippen molar-refractivity contribution in [1.82, 2.24) is 34.7 Å². The number of rotatable bonds is 7. The van der Waals surface area contributed by atoms with Crippen LogP contribution < -0.4 is 4.74 Å². The van der Waals surface area contributed by atoms with E-state index < -0.39 is 0 Å². The highest BCUT2D eigenvalue weighted by molar-refractivity contribution is 7.19. The number of pyridine rings is 1. The van der Waals surface area contributed by atoms with Crippen LogP contribution in [0.15, 0.2) is 55.0 Å². The van der Waals surface area contributed by atoms with E-state index >= 15 is 0 Å². The Morgan fingerprint density at radius 3 is 2.74 bits per heavy atom. The lowest BCUT2D eigenvalue weighted by Gasteiger charge is -2.26. The van der Waals surface area contributed by atoms with Crippen molar-refractivity contribution in [3.8, 4) is 38.3 Å². The van der Waals surface area contributed by atoms with E-state index in [1.54, 1.807) is 17.7 Å². The number of benzene rings is 1. The van der Waals surface area contributed by atoms with Gasteiger partial charge in [0.2, 0.25) is 0 Å². The van der Waals surface area contributed by atoms with Crippen LogP contribution >= 0.6 is 11.3 Å². The summed E-state index contributed by atoms with van der Waals surface area (Å²) in [4.78, 5) is 11.7. The SMILES string of the molecule is Cc1nn2ccc(OCCN3CCCCC3)cc2c1-c1nc(-c2ccccc2)c(-c2nnc[nH]2)s1. The van der Waals surface area contributed by atoms with Crippen LogP contribution in [0.25, 0.3) is 38.0 Å². The number of aryl methyl sites for hydroxylation is 1. The molecule has 9 heteroatoms. The zero-order chi connectivity index (χ0) is 23.6. The highest BCUT2D eigenvalue weighted by Crippen LogP contribution is 2.41. The fourth-order valence-corrected chi connectivity index (χ4v) is 5.81. The predicted molar refractivity (Wildman–Crippen MR) is 138 cm³/mol. The molecule has 1 aromatic carbocycles. The third kappa shape index (κ3) is 4.44. The first-order valence-electron chi connectivity index (χ1n) is 12.0. The summed E-state index contributed by atoms with van der Waals surface area (Å²) in [5.74, 6) is 1.56. The monoisotopic (exact) mass is 485 g/mol. The third-order valence-electron chi connectivity index (χ3n) is 6.43. The van der Waals surface area contributed by atoms with Gasteiger partial charge in [0.15, 0.2) is 5.82 Å². The van der Waals surface area contributed by atoms with E-state index in [0.29, 0.717) is 12.4 Å². The zero-order valence-corrected chi connectivity index (χ0v) is 20.5. The van der Waals surface area contributed by atoms with Gasteiger partial charge in [0.05, 0.1) is 22.5 Å². The number of nitrogens with zero attached hydrogens (tertiary/aromatic N) is 6. The highest BCUT2D eigenvalue weighted by atomic mass is 32.1. The van der Waals surface area contributed by atoms with Gasteiger partial charge in [0.25, 0.3) is 0 Å². The Bertz CT molecular complexity index is 1420. The first-order chi connectivity index (χ1) is 17.3. The number of aromatic nitrogens is 6. The van der Waals surface area contributed by atoms with Crippen molar-refractivity contribution < 1.29 is 4.74 Å². The van der Waals surface area contributed by atoms with Crippen LogP contribution in [0.1, 0.15) is 25.0 Å². The molecule has 1 saturated heterocycles. The zero-order valence-electron chi connectivity index (χ0n) is 19.6. The van der Waals surface area contributed by atoms with E-state index in [0.717, 1.165) is 50.2 Å². The smallest absolute Gasteiger partial charge is 0.173 e. The van der Waals surface area contributed by atoms with Crippen molar-refractivity contribution >= 4 is 16.9 Å². The largest absolute Gasteiger partial charge is 0.492 e. The summed E-state index contributed by atoms with van der Waals surface area (Å²) in [5.41, 5.74) is 4.84. The Labute approximate surface area is 207 Å². The average Bonchev–Trinajstić information content (AvgIpc) is 3.63. The maximum Gasteiger partial charge on any atom is 0.173 e. The molecule has 1 fully saturated rings. The Morgan fingerprint density at radius 2 is 1.94 bits per heavy atom. The second-order valence-corrected chi connectivity index (χ2v) is 9.80. The molecule has 8 nitrogen and oxygen atoms in total. The number of hydrogen-bond acceptors (Lipinski definition) is 7.